The smallest absolute Gasteiger partial charge is 0.240 e. The lowest BCUT2D eigenvalue weighted by Gasteiger charge is -2.56. The van der Waals surface area contributed by atoms with E-state index >= 15 is 0 Å². The minimum Gasteiger partial charge on any atom is -0.377 e. The highest BCUT2D eigenvalue weighted by molar-refractivity contribution is 7.89. The van der Waals surface area contributed by atoms with Gasteiger partial charge in [0.2, 0.25) is 10.0 Å². The molecule has 0 radical (unpaired) electrons. The van der Waals surface area contributed by atoms with Gasteiger partial charge in [-0.25, -0.2) is 13.1 Å². The van der Waals surface area contributed by atoms with E-state index in [-0.39, 0.29) is 17.6 Å². The van der Waals surface area contributed by atoms with Gasteiger partial charge in [-0.2, -0.15) is 0 Å². The first-order valence-corrected chi connectivity index (χ1v) is 9.31. The van der Waals surface area contributed by atoms with E-state index in [1.165, 1.54) is 12.8 Å². The lowest BCUT2D eigenvalue weighted by molar-refractivity contribution is -0.123. The Morgan fingerprint density at radius 1 is 1.14 bits per heavy atom. The van der Waals surface area contributed by atoms with Crippen LogP contribution in [0.4, 0.5) is 0 Å². The number of nitrogens with one attached hydrogen (secondary N) is 1. The van der Waals surface area contributed by atoms with Crippen LogP contribution < -0.4 is 4.72 Å². The topological polar surface area (TPSA) is 55.4 Å². The van der Waals surface area contributed by atoms with Crippen molar-refractivity contribution in [2.45, 2.75) is 49.1 Å². The molecule has 2 aliphatic carbocycles. The minimum absolute atomic E-state index is 0.0534. The third-order valence-corrected chi connectivity index (χ3v) is 7.08. The summed E-state index contributed by atoms with van der Waals surface area (Å²) >= 11 is 0. The summed E-state index contributed by atoms with van der Waals surface area (Å²) in [6.45, 7) is 0.778. The van der Waals surface area contributed by atoms with Crippen molar-refractivity contribution in [2.24, 2.45) is 11.3 Å². The molecule has 3 aliphatic rings. The zero-order valence-corrected chi connectivity index (χ0v) is 12.8. The van der Waals surface area contributed by atoms with Crippen LogP contribution in [0.3, 0.4) is 0 Å². The first kappa shape index (κ1) is 13.7. The first-order chi connectivity index (χ1) is 10.1. The molecule has 4 nitrogen and oxygen atoms in total. The third kappa shape index (κ3) is 1.98. The van der Waals surface area contributed by atoms with Crippen molar-refractivity contribution in [3.8, 4) is 0 Å². The monoisotopic (exact) mass is 307 g/mol. The zero-order chi connectivity index (χ0) is 14.5. The normalized spacial score (nSPS) is 33.8. The SMILES string of the molecule is O=S(=O)(N[C@@H]1[C@H]2CCO[C@@H]2C12CCCC2)c1ccccc1. The van der Waals surface area contributed by atoms with E-state index in [1.54, 1.807) is 24.3 Å². The fraction of sp³-hybridized carbons (Fsp3) is 0.625. The predicted molar refractivity (Wildman–Crippen MR) is 79.3 cm³/mol. The summed E-state index contributed by atoms with van der Waals surface area (Å²) in [5.41, 5.74) is 0.0585. The Kier molecular flexibility index (Phi) is 3.14. The number of ether oxygens (including phenoxy) is 1. The van der Waals surface area contributed by atoms with Gasteiger partial charge in [-0.15, -0.1) is 0 Å². The molecule has 0 amide bonds. The van der Waals surface area contributed by atoms with Crippen molar-refractivity contribution < 1.29 is 13.2 Å². The molecule has 1 aromatic carbocycles. The van der Waals surface area contributed by atoms with Crippen LogP contribution in [-0.2, 0) is 14.8 Å². The summed E-state index contributed by atoms with van der Waals surface area (Å²) in [5.74, 6) is 0.363. The van der Waals surface area contributed by atoms with Gasteiger partial charge < -0.3 is 4.74 Å². The molecule has 114 valence electrons. The number of hydrogen-bond acceptors (Lipinski definition) is 3. The van der Waals surface area contributed by atoms with E-state index in [1.807, 2.05) is 6.07 Å². The number of hydrogen-bond donors (Lipinski definition) is 1. The van der Waals surface area contributed by atoms with E-state index in [0.717, 1.165) is 25.9 Å². The Bertz CT molecular complexity index is 622. The summed E-state index contributed by atoms with van der Waals surface area (Å²) in [7, 11) is -3.43. The van der Waals surface area contributed by atoms with Crippen molar-refractivity contribution in [1.82, 2.24) is 4.72 Å². The molecule has 0 aromatic heterocycles. The molecule has 3 atom stereocenters. The maximum atomic E-state index is 12.6. The highest BCUT2D eigenvalue weighted by Crippen LogP contribution is 2.60. The van der Waals surface area contributed by atoms with Gasteiger partial charge in [0, 0.05) is 24.0 Å². The molecular formula is C16H21NO3S. The highest BCUT2D eigenvalue weighted by atomic mass is 32.2. The first-order valence-electron chi connectivity index (χ1n) is 7.82. The molecule has 3 fully saturated rings. The largest absolute Gasteiger partial charge is 0.377 e. The second-order valence-electron chi connectivity index (χ2n) is 6.60. The average Bonchev–Trinajstić information content (AvgIpc) is 3.14. The summed E-state index contributed by atoms with van der Waals surface area (Å²) in [6.07, 6.45) is 5.83. The lowest BCUT2D eigenvalue weighted by atomic mass is 9.55. The van der Waals surface area contributed by atoms with Gasteiger partial charge in [-0.05, 0) is 31.4 Å². The maximum absolute atomic E-state index is 12.6. The zero-order valence-electron chi connectivity index (χ0n) is 12.0. The average molecular weight is 307 g/mol. The van der Waals surface area contributed by atoms with Crippen molar-refractivity contribution in [3.05, 3.63) is 30.3 Å². The fourth-order valence-corrected chi connectivity index (χ4v) is 6.09. The fourth-order valence-electron chi connectivity index (χ4n) is 4.69. The molecule has 5 heteroatoms. The van der Waals surface area contributed by atoms with Crippen LogP contribution in [0.25, 0.3) is 0 Å². The van der Waals surface area contributed by atoms with E-state index in [0.29, 0.717) is 10.8 Å². The van der Waals surface area contributed by atoms with Crippen LogP contribution in [0.5, 0.6) is 0 Å². The minimum atomic E-state index is -3.43. The van der Waals surface area contributed by atoms with Crippen LogP contribution in [0.1, 0.15) is 32.1 Å². The van der Waals surface area contributed by atoms with Crippen LogP contribution >= 0.6 is 0 Å². The number of fused-ring (bicyclic) bond motifs is 2. The molecule has 1 N–H and O–H groups in total. The summed E-state index contributed by atoms with van der Waals surface area (Å²) in [4.78, 5) is 0.362. The van der Waals surface area contributed by atoms with Crippen LogP contribution in [0.2, 0.25) is 0 Å². The Balaban J connectivity index is 1.61. The second-order valence-corrected chi connectivity index (χ2v) is 8.31. The van der Waals surface area contributed by atoms with E-state index in [9.17, 15) is 8.42 Å². The molecule has 1 aromatic rings. The van der Waals surface area contributed by atoms with Crippen molar-refractivity contribution in [1.29, 1.82) is 0 Å². The standard InChI is InChI=1S/C16H21NO3S/c18-21(19,12-6-2-1-3-7-12)17-14-13-8-11-20-15(13)16(14)9-4-5-10-16/h1-3,6-7,13-15,17H,4-5,8-11H2/t13-,14-,15+/m1/s1. The van der Waals surface area contributed by atoms with Gasteiger partial charge in [0.1, 0.15) is 0 Å². The molecule has 0 unspecified atom stereocenters. The third-order valence-electron chi connectivity index (χ3n) is 5.62. The van der Waals surface area contributed by atoms with Gasteiger partial charge in [-0.3, -0.25) is 0 Å². The van der Waals surface area contributed by atoms with E-state index in [4.69, 9.17) is 4.74 Å². The molecule has 1 heterocycles. The highest BCUT2D eigenvalue weighted by Gasteiger charge is 2.65. The van der Waals surface area contributed by atoms with Gasteiger partial charge in [0.05, 0.1) is 11.0 Å². The molecule has 0 bridgehead atoms. The van der Waals surface area contributed by atoms with Crippen LogP contribution in [0.15, 0.2) is 35.2 Å². The Hall–Kier alpha value is -0.910. The van der Waals surface area contributed by atoms with Gasteiger partial charge >= 0.3 is 0 Å². The van der Waals surface area contributed by atoms with Crippen molar-refractivity contribution in [3.63, 3.8) is 0 Å². The maximum Gasteiger partial charge on any atom is 0.240 e. The van der Waals surface area contributed by atoms with Crippen molar-refractivity contribution in [2.75, 3.05) is 6.61 Å². The molecule has 21 heavy (non-hydrogen) atoms. The molecular weight excluding hydrogens is 286 g/mol. The number of benzene rings is 1. The molecule has 1 aliphatic heterocycles. The summed E-state index contributed by atoms with van der Waals surface area (Å²) < 4.78 is 34.1. The molecule has 1 saturated heterocycles. The van der Waals surface area contributed by atoms with Gasteiger partial charge in [0.25, 0.3) is 0 Å². The number of rotatable bonds is 3. The van der Waals surface area contributed by atoms with Gasteiger partial charge in [-0.1, -0.05) is 31.0 Å². The predicted octanol–water partition coefficient (Wildman–Crippen LogP) is 2.31. The number of sulfonamides is 1. The van der Waals surface area contributed by atoms with E-state index in [2.05, 4.69) is 4.72 Å². The van der Waals surface area contributed by atoms with Crippen molar-refractivity contribution >= 4 is 10.0 Å². The Morgan fingerprint density at radius 2 is 1.86 bits per heavy atom. The summed E-state index contributed by atoms with van der Waals surface area (Å²) in [5, 5.41) is 0. The molecule has 1 spiro atoms. The Labute approximate surface area is 125 Å². The quantitative estimate of drug-likeness (QED) is 0.932. The second kappa shape index (κ2) is 4.80. The van der Waals surface area contributed by atoms with E-state index < -0.39 is 10.0 Å². The van der Waals surface area contributed by atoms with Crippen LogP contribution in [0, 0.1) is 11.3 Å². The lowest BCUT2D eigenvalue weighted by Crippen LogP contribution is -2.68. The Morgan fingerprint density at radius 3 is 2.57 bits per heavy atom. The molecule has 2 saturated carbocycles. The summed E-state index contributed by atoms with van der Waals surface area (Å²) in [6, 6.07) is 8.74. The van der Waals surface area contributed by atoms with Gasteiger partial charge in [0.15, 0.2) is 0 Å². The van der Waals surface area contributed by atoms with Crippen LogP contribution in [-0.4, -0.2) is 27.2 Å². The molecule has 4 rings (SSSR count).